The van der Waals surface area contributed by atoms with E-state index in [4.69, 9.17) is 0 Å². The fraction of sp³-hybridized carbons (Fsp3) is 0.200. The molecule has 5 rings (SSSR count). The molecule has 212 valence electrons. The smallest absolute Gasteiger partial charge is 0.270 e. The summed E-state index contributed by atoms with van der Waals surface area (Å²) in [5.74, 6) is -1.12. The number of benzene rings is 3. The lowest BCUT2D eigenvalue weighted by Crippen LogP contribution is -2.48. The first-order valence-electron chi connectivity index (χ1n) is 14.1. The molecule has 0 aliphatic heterocycles. The van der Waals surface area contributed by atoms with Crippen molar-refractivity contribution in [2.24, 2.45) is 0 Å². The van der Waals surface area contributed by atoms with Gasteiger partial charge in [-0.15, -0.1) is 0 Å². The van der Waals surface area contributed by atoms with Gasteiger partial charge in [0.05, 0.1) is 0 Å². The molecule has 7 heteroatoms. The number of carbonyl (C=O) groups excluding carboxylic acids is 2. The molecule has 0 saturated carbocycles. The predicted molar refractivity (Wildman–Crippen MR) is 166 cm³/mol. The monoisotopic (exact) mass is 557 g/mol. The zero-order chi connectivity index (χ0) is 29.6. The van der Waals surface area contributed by atoms with Crippen molar-refractivity contribution in [2.45, 2.75) is 45.7 Å². The quantitative estimate of drug-likeness (QED) is 0.211. The summed E-state index contributed by atoms with van der Waals surface area (Å²) in [6, 6.07) is 30.0. The molecule has 0 aliphatic carbocycles. The molecule has 0 radical (unpaired) electrons. The number of nitrogens with zero attached hydrogens (tertiary/aromatic N) is 3. The van der Waals surface area contributed by atoms with E-state index in [9.17, 15) is 9.59 Å². The van der Waals surface area contributed by atoms with Crippen molar-refractivity contribution in [3.63, 3.8) is 0 Å². The van der Waals surface area contributed by atoms with Crippen LogP contribution in [0.3, 0.4) is 0 Å². The Labute approximate surface area is 246 Å². The van der Waals surface area contributed by atoms with Crippen LogP contribution in [0.4, 0.5) is 5.69 Å². The maximum atomic E-state index is 14.1. The minimum Gasteiger partial charge on any atom is -0.338 e. The third-order valence-electron chi connectivity index (χ3n) is 7.40. The van der Waals surface area contributed by atoms with E-state index in [1.807, 2.05) is 112 Å². The fourth-order valence-corrected chi connectivity index (χ4v) is 5.39. The Morgan fingerprint density at radius 2 is 1.38 bits per heavy atom. The summed E-state index contributed by atoms with van der Waals surface area (Å²) in [5, 5.41) is 10.4. The number of anilines is 1. The molecule has 2 heterocycles. The van der Waals surface area contributed by atoms with Crippen LogP contribution in [0.15, 0.2) is 109 Å². The molecule has 0 aliphatic rings. The van der Waals surface area contributed by atoms with Crippen LogP contribution in [0.25, 0.3) is 11.1 Å². The minimum absolute atomic E-state index is 0.0160. The van der Waals surface area contributed by atoms with Gasteiger partial charge in [0, 0.05) is 41.3 Å². The molecule has 0 bridgehead atoms. The van der Waals surface area contributed by atoms with Crippen LogP contribution in [0.5, 0.6) is 0 Å². The van der Waals surface area contributed by atoms with E-state index in [1.54, 1.807) is 23.1 Å². The lowest BCUT2D eigenvalue weighted by molar-refractivity contribution is -0.118. The summed E-state index contributed by atoms with van der Waals surface area (Å²) in [7, 11) is 0. The van der Waals surface area contributed by atoms with E-state index >= 15 is 0 Å². The number of hydrogen-bond donors (Lipinski definition) is 2. The van der Waals surface area contributed by atoms with Gasteiger partial charge in [-0.3, -0.25) is 19.3 Å². The van der Waals surface area contributed by atoms with Gasteiger partial charge in [-0.05, 0) is 74.2 Å². The molecule has 5 aromatic rings. The number of nitrogens with one attached hydrogen (secondary N) is 2. The number of carbonyl (C=O) groups is 2. The standard InChI is InChI=1S/C35H35N5O2/c1-23(2)40-30(20-22-37-40)34(41)39-33(32(26-11-7-5-8-12-26)27-13-9-6-10-14-27)35(42)38-29-17-15-28(16-18-29)31-24(3)19-21-36-25(31)4/h5-23,32-33H,1-4H3,(H,38,42)(H,39,41). The highest BCUT2D eigenvalue weighted by molar-refractivity contribution is 6.01. The summed E-state index contributed by atoms with van der Waals surface area (Å²) >= 11 is 0. The Bertz CT molecular complexity index is 1600. The van der Waals surface area contributed by atoms with Gasteiger partial charge in [-0.25, -0.2) is 0 Å². The summed E-state index contributed by atoms with van der Waals surface area (Å²) in [6.07, 6.45) is 3.41. The number of hydrogen-bond acceptors (Lipinski definition) is 4. The molecule has 1 atom stereocenters. The molecule has 2 aromatic heterocycles. The second-order valence-corrected chi connectivity index (χ2v) is 10.7. The molecule has 3 aromatic carbocycles. The number of aromatic nitrogens is 3. The SMILES string of the molecule is Cc1ccnc(C)c1-c1ccc(NC(=O)C(NC(=O)c2ccnn2C(C)C)C(c2ccccc2)c2ccccc2)cc1. The first-order chi connectivity index (χ1) is 20.3. The lowest BCUT2D eigenvalue weighted by Gasteiger charge is -2.28. The first-order valence-corrected chi connectivity index (χ1v) is 14.1. The van der Waals surface area contributed by atoms with Crippen molar-refractivity contribution >= 4 is 17.5 Å². The van der Waals surface area contributed by atoms with E-state index in [0.29, 0.717) is 11.4 Å². The van der Waals surface area contributed by atoms with E-state index in [2.05, 4.69) is 27.6 Å². The second-order valence-electron chi connectivity index (χ2n) is 10.7. The van der Waals surface area contributed by atoms with Crippen LogP contribution in [0.1, 0.15) is 58.7 Å². The van der Waals surface area contributed by atoms with E-state index in [-0.39, 0.29) is 17.9 Å². The van der Waals surface area contributed by atoms with Gasteiger partial charge in [0.2, 0.25) is 5.91 Å². The van der Waals surface area contributed by atoms with Crippen LogP contribution < -0.4 is 10.6 Å². The van der Waals surface area contributed by atoms with E-state index in [1.165, 1.54) is 0 Å². The zero-order valence-corrected chi connectivity index (χ0v) is 24.3. The maximum absolute atomic E-state index is 14.1. The summed E-state index contributed by atoms with van der Waals surface area (Å²) in [6.45, 7) is 7.97. The molecule has 0 fully saturated rings. The van der Waals surface area contributed by atoms with Crippen LogP contribution >= 0.6 is 0 Å². The summed E-state index contributed by atoms with van der Waals surface area (Å²) < 4.78 is 1.66. The molecule has 42 heavy (non-hydrogen) atoms. The van der Waals surface area contributed by atoms with Gasteiger partial charge in [0.25, 0.3) is 5.91 Å². The number of rotatable bonds is 9. The number of pyridine rings is 1. The van der Waals surface area contributed by atoms with E-state index < -0.39 is 12.0 Å². The second kappa shape index (κ2) is 12.6. The van der Waals surface area contributed by atoms with Crippen molar-refractivity contribution in [1.29, 1.82) is 0 Å². The number of amides is 2. The van der Waals surface area contributed by atoms with Gasteiger partial charge < -0.3 is 10.6 Å². The average Bonchev–Trinajstić information content (AvgIpc) is 3.50. The van der Waals surface area contributed by atoms with Crippen molar-refractivity contribution in [2.75, 3.05) is 5.32 Å². The predicted octanol–water partition coefficient (Wildman–Crippen LogP) is 6.71. The van der Waals surface area contributed by atoms with Gasteiger partial charge in [-0.2, -0.15) is 5.10 Å². The van der Waals surface area contributed by atoms with Crippen LogP contribution in [-0.2, 0) is 4.79 Å². The Hall–Kier alpha value is -5.04. The normalized spacial score (nSPS) is 11.9. The Morgan fingerprint density at radius 3 is 1.95 bits per heavy atom. The minimum atomic E-state index is -0.916. The molecule has 7 nitrogen and oxygen atoms in total. The molecule has 2 amide bonds. The summed E-state index contributed by atoms with van der Waals surface area (Å²) in [4.78, 5) is 32.2. The average molecular weight is 558 g/mol. The molecule has 0 saturated heterocycles. The molecular weight excluding hydrogens is 522 g/mol. The third-order valence-corrected chi connectivity index (χ3v) is 7.40. The Balaban J connectivity index is 1.50. The Morgan fingerprint density at radius 1 is 0.762 bits per heavy atom. The molecule has 0 spiro atoms. The first kappa shape index (κ1) is 28.5. The third kappa shape index (κ3) is 6.15. The summed E-state index contributed by atoms with van der Waals surface area (Å²) in [5.41, 5.74) is 7.05. The maximum Gasteiger partial charge on any atom is 0.270 e. The van der Waals surface area contributed by atoms with Crippen molar-refractivity contribution in [3.05, 3.63) is 138 Å². The fourth-order valence-electron chi connectivity index (χ4n) is 5.39. The van der Waals surface area contributed by atoms with Gasteiger partial charge in [-0.1, -0.05) is 72.8 Å². The largest absolute Gasteiger partial charge is 0.338 e. The zero-order valence-electron chi connectivity index (χ0n) is 24.3. The van der Waals surface area contributed by atoms with Crippen molar-refractivity contribution < 1.29 is 9.59 Å². The highest BCUT2D eigenvalue weighted by Crippen LogP contribution is 2.30. The van der Waals surface area contributed by atoms with E-state index in [0.717, 1.165) is 33.5 Å². The van der Waals surface area contributed by atoms with Gasteiger partial charge in [0.15, 0.2) is 0 Å². The molecular formula is C35H35N5O2. The van der Waals surface area contributed by atoms with Crippen LogP contribution in [-0.4, -0.2) is 32.6 Å². The highest BCUT2D eigenvalue weighted by atomic mass is 16.2. The highest BCUT2D eigenvalue weighted by Gasteiger charge is 2.33. The molecule has 2 N–H and O–H groups in total. The van der Waals surface area contributed by atoms with Crippen molar-refractivity contribution in [3.8, 4) is 11.1 Å². The van der Waals surface area contributed by atoms with Gasteiger partial charge >= 0.3 is 0 Å². The van der Waals surface area contributed by atoms with Gasteiger partial charge in [0.1, 0.15) is 11.7 Å². The number of aryl methyl sites for hydroxylation is 2. The topological polar surface area (TPSA) is 88.9 Å². The molecule has 1 unspecified atom stereocenters. The lowest BCUT2D eigenvalue weighted by atomic mass is 9.84. The van der Waals surface area contributed by atoms with Crippen LogP contribution in [0, 0.1) is 13.8 Å². The van der Waals surface area contributed by atoms with Crippen molar-refractivity contribution in [1.82, 2.24) is 20.1 Å². The Kier molecular flexibility index (Phi) is 8.58. The van der Waals surface area contributed by atoms with Crippen LogP contribution in [0.2, 0.25) is 0 Å².